The number of aliphatic hydroxyl groups is 1. The zero-order chi connectivity index (χ0) is 32.5. The number of hydrogen-bond donors (Lipinski definition) is 4. The molecule has 1 aromatic heterocycles. The highest BCUT2D eigenvalue weighted by molar-refractivity contribution is 6.00. The first-order valence-electron chi connectivity index (χ1n) is 14.2. The lowest BCUT2D eigenvalue weighted by Crippen LogP contribution is -2.61. The van der Waals surface area contributed by atoms with Gasteiger partial charge in [0.05, 0.1) is 36.3 Å². The van der Waals surface area contributed by atoms with Gasteiger partial charge >= 0.3 is 6.18 Å². The third-order valence-corrected chi connectivity index (χ3v) is 8.86. The predicted molar refractivity (Wildman–Crippen MR) is 153 cm³/mol. The van der Waals surface area contributed by atoms with Crippen molar-refractivity contribution in [1.82, 2.24) is 20.4 Å². The maximum absolute atomic E-state index is 14.9. The number of carbonyl (C=O) groups is 2. The fourth-order valence-corrected chi connectivity index (χ4v) is 5.78. The van der Waals surface area contributed by atoms with Gasteiger partial charge in [-0.05, 0) is 62.6 Å². The molecule has 3 heterocycles. The average molecular weight is 630 g/mol. The number of primary amides is 1. The summed E-state index contributed by atoms with van der Waals surface area (Å²) in [6.45, 7) is 1.33. The van der Waals surface area contributed by atoms with Crippen molar-refractivity contribution in [2.24, 2.45) is 11.1 Å². The van der Waals surface area contributed by atoms with Gasteiger partial charge in [-0.3, -0.25) is 14.3 Å². The van der Waals surface area contributed by atoms with E-state index in [1.54, 1.807) is 10.9 Å². The van der Waals surface area contributed by atoms with Crippen molar-refractivity contribution in [2.45, 2.75) is 50.0 Å². The summed E-state index contributed by atoms with van der Waals surface area (Å²) in [6.07, 6.45) is -0.615. The lowest BCUT2D eigenvalue weighted by atomic mass is 9.74. The summed E-state index contributed by atoms with van der Waals surface area (Å²) in [5.41, 5.74) is -1.21. The number of hydrogen-bond acceptors (Lipinski definition) is 7. The van der Waals surface area contributed by atoms with Crippen molar-refractivity contribution < 1.29 is 41.7 Å². The second-order valence-corrected chi connectivity index (χ2v) is 12.0. The number of methoxy groups -OCH3 is 1. The van der Waals surface area contributed by atoms with Gasteiger partial charge in [-0.15, -0.1) is 0 Å². The van der Waals surface area contributed by atoms with Gasteiger partial charge in [-0.2, -0.15) is 18.3 Å². The molecular formula is C31H31F4N5O5. The van der Waals surface area contributed by atoms with Crippen molar-refractivity contribution in [3.8, 4) is 5.75 Å². The van der Waals surface area contributed by atoms with Crippen LogP contribution in [0.1, 0.15) is 48.7 Å². The smallest absolute Gasteiger partial charge is 0.424 e. The fourth-order valence-electron chi connectivity index (χ4n) is 5.78. The molecule has 0 spiro atoms. The van der Waals surface area contributed by atoms with E-state index in [2.05, 4.69) is 15.7 Å². The zero-order valence-corrected chi connectivity index (χ0v) is 24.6. The number of benzene rings is 2. The van der Waals surface area contributed by atoms with E-state index < -0.39 is 52.6 Å². The van der Waals surface area contributed by atoms with Crippen LogP contribution in [0.2, 0.25) is 0 Å². The van der Waals surface area contributed by atoms with Crippen molar-refractivity contribution in [3.63, 3.8) is 0 Å². The number of aromatic nitrogens is 2. The van der Waals surface area contributed by atoms with Crippen LogP contribution in [0.15, 0.2) is 65.7 Å². The summed E-state index contributed by atoms with van der Waals surface area (Å²) in [5.74, 6) is -1.94. The van der Waals surface area contributed by atoms with E-state index in [0.717, 1.165) is 31.1 Å². The van der Waals surface area contributed by atoms with E-state index in [4.69, 9.17) is 15.2 Å². The van der Waals surface area contributed by atoms with Gasteiger partial charge in [0.15, 0.2) is 0 Å². The Morgan fingerprint density at radius 3 is 2.51 bits per heavy atom. The van der Waals surface area contributed by atoms with Crippen LogP contribution < -0.4 is 21.1 Å². The second kappa shape index (κ2) is 10.2. The lowest BCUT2D eigenvalue weighted by Gasteiger charge is -2.43. The highest BCUT2D eigenvalue weighted by Crippen LogP contribution is 2.50. The Kier molecular flexibility index (Phi) is 6.92. The molecule has 238 valence electrons. The van der Waals surface area contributed by atoms with Gasteiger partial charge < -0.3 is 30.9 Å². The lowest BCUT2D eigenvalue weighted by molar-refractivity contribution is -0.243. The van der Waals surface area contributed by atoms with E-state index in [1.807, 2.05) is 0 Å². The normalized spacial score (nSPS) is 24.3. The average Bonchev–Trinajstić information content (AvgIpc) is 3.65. The Bertz CT molecular complexity index is 1780. The molecular weight excluding hydrogens is 598 g/mol. The van der Waals surface area contributed by atoms with Crippen LogP contribution in [0.3, 0.4) is 0 Å². The Hall–Kier alpha value is -4.59. The molecule has 45 heavy (non-hydrogen) atoms. The minimum Gasteiger partial charge on any atom is -0.496 e. The van der Waals surface area contributed by atoms with Gasteiger partial charge in [-0.25, -0.2) is 4.39 Å². The molecule has 0 saturated heterocycles. The number of allylic oxidation sites excluding steroid dienone is 1. The highest BCUT2D eigenvalue weighted by atomic mass is 19.4. The van der Waals surface area contributed by atoms with E-state index in [1.165, 1.54) is 45.2 Å². The monoisotopic (exact) mass is 629 g/mol. The van der Waals surface area contributed by atoms with Gasteiger partial charge in [0, 0.05) is 17.3 Å². The molecule has 2 aromatic carbocycles. The Balaban J connectivity index is 1.37. The van der Waals surface area contributed by atoms with E-state index in [-0.39, 0.29) is 35.1 Å². The minimum atomic E-state index is -5.33. The van der Waals surface area contributed by atoms with Crippen molar-refractivity contribution in [2.75, 3.05) is 20.3 Å². The zero-order valence-electron chi connectivity index (χ0n) is 24.6. The number of nitrogens with one attached hydrogen (secondary N) is 2. The van der Waals surface area contributed by atoms with Gasteiger partial charge in [-0.1, -0.05) is 12.1 Å². The molecule has 1 fully saturated rings. The molecule has 14 heteroatoms. The maximum atomic E-state index is 14.9. The second-order valence-electron chi connectivity index (χ2n) is 12.0. The van der Waals surface area contributed by atoms with Gasteiger partial charge in [0.1, 0.15) is 34.9 Å². The summed E-state index contributed by atoms with van der Waals surface area (Å²) >= 11 is 0. The van der Waals surface area contributed by atoms with Crippen molar-refractivity contribution in [1.29, 1.82) is 0 Å². The van der Waals surface area contributed by atoms with Crippen LogP contribution in [-0.4, -0.2) is 58.7 Å². The summed E-state index contributed by atoms with van der Waals surface area (Å²) in [5, 5.41) is 21.5. The third-order valence-electron chi connectivity index (χ3n) is 8.86. The Morgan fingerprint density at radius 1 is 1.22 bits per heavy atom. The van der Waals surface area contributed by atoms with Gasteiger partial charge in [0.25, 0.3) is 5.91 Å². The number of nitrogens with zero attached hydrogens (tertiary/aromatic N) is 2. The molecule has 3 aromatic rings. The summed E-state index contributed by atoms with van der Waals surface area (Å²) < 4.78 is 71.4. The SMILES string of the molecule is COc1cc(C(=O)NC[C@](O)(C2=CC3=C(OC[C@]3(C)C(N)=O)C(C)(c3ccc(F)cc3)N2)C(F)(F)F)cc2nn(C3CC3)cc12. The minimum absolute atomic E-state index is 0.0195. The van der Waals surface area contributed by atoms with Crippen LogP contribution in [-0.2, 0) is 15.1 Å². The quantitative estimate of drug-likeness (QED) is 0.279. The first-order chi connectivity index (χ1) is 21.1. The van der Waals surface area contributed by atoms with Crippen LogP contribution in [0.5, 0.6) is 5.75 Å². The number of rotatable bonds is 8. The van der Waals surface area contributed by atoms with E-state index in [9.17, 15) is 32.3 Å². The molecule has 0 bridgehead atoms. The Morgan fingerprint density at radius 2 is 1.91 bits per heavy atom. The molecule has 10 nitrogen and oxygen atoms in total. The molecule has 2 aliphatic heterocycles. The first-order valence-corrected chi connectivity index (χ1v) is 14.2. The number of nitrogens with two attached hydrogens (primary N) is 1. The summed E-state index contributed by atoms with van der Waals surface area (Å²) in [4.78, 5) is 25.8. The van der Waals surface area contributed by atoms with Crippen molar-refractivity contribution >= 4 is 22.7 Å². The predicted octanol–water partition coefficient (Wildman–Crippen LogP) is 3.72. The molecule has 3 aliphatic rings. The number of ether oxygens (including phenoxy) is 2. The number of halogens is 4. The molecule has 0 radical (unpaired) electrons. The third kappa shape index (κ3) is 4.87. The van der Waals surface area contributed by atoms with Gasteiger partial charge in [0.2, 0.25) is 11.5 Å². The molecule has 1 aliphatic carbocycles. The topological polar surface area (TPSA) is 141 Å². The largest absolute Gasteiger partial charge is 0.496 e. The number of fused-ring (bicyclic) bond motifs is 1. The number of alkyl halides is 3. The van der Waals surface area contributed by atoms with Crippen LogP contribution in [0, 0.1) is 11.2 Å². The summed E-state index contributed by atoms with van der Waals surface area (Å²) in [6, 6.07) is 8.01. The summed E-state index contributed by atoms with van der Waals surface area (Å²) in [7, 11) is 1.40. The Labute approximate surface area is 254 Å². The number of carbonyl (C=O) groups excluding carboxylic acids is 2. The number of dihydropyridines is 1. The molecule has 6 rings (SSSR count). The highest BCUT2D eigenvalue weighted by Gasteiger charge is 2.61. The molecule has 1 saturated carbocycles. The molecule has 2 amide bonds. The fraction of sp³-hybridized carbons (Fsp3) is 0.387. The number of amides is 2. The molecule has 1 unspecified atom stereocenters. The van der Waals surface area contributed by atoms with Crippen LogP contribution in [0.25, 0.3) is 10.9 Å². The molecule has 3 atom stereocenters. The van der Waals surface area contributed by atoms with Crippen LogP contribution >= 0.6 is 0 Å². The van der Waals surface area contributed by atoms with E-state index in [0.29, 0.717) is 16.7 Å². The van der Waals surface area contributed by atoms with E-state index >= 15 is 0 Å². The van der Waals surface area contributed by atoms with Crippen LogP contribution in [0.4, 0.5) is 17.6 Å². The standard InChI is InChI=1S/C31H31F4N5O5/c1-28(27(36)42)15-45-25-21(28)12-24(38-29(25,2)17-4-6-18(32)7-5-17)30(43,31(33,34)35)14-37-26(41)16-10-22-20(23(11-16)44-3)13-40(39-22)19-8-9-19/h4-7,10-13,19,38,43H,8-9,14-15H2,1-3H3,(H2,36,42)(H,37,41)/t28-,29?,30-/m0/s1. The molecule has 5 N–H and O–H groups in total. The first kappa shape index (κ1) is 30.4. The van der Waals surface area contributed by atoms with Crippen molar-refractivity contribution in [3.05, 3.63) is 82.6 Å². The maximum Gasteiger partial charge on any atom is 0.424 e.